The molecule has 3 heteroatoms. The molecule has 0 bridgehead atoms. The third-order valence-electron chi connectivity index (χ3n) is 4.34. The molecule has 1 rings (SSSR count). The second-order valence-electron chi connectivity index (χ2n) is 6.13. The Kier molecular flexibility index (Phi) is 7.91. The predicted molar refractivity (Wildman–Crippen MR) is 89.0 cm³/mol. The minimum atomic E-state index is -0.107. The Morgan fingerprint density at radius 2 is 1.86 bits per heavy atom. The molecule has 0 amide bonds. The summed E-state index contributed by atoms with van der Waals surface area (Å²) >= 11 is 0. The van der Waals surface area contributed by atoms with Crippen LogP contribution in [0.3, 0.4) is 0 Å². The molecule has 0 aromatic heterocycles. The molecule has 0 aliphatic heterocycles. The zero-order chi connectivity index (χ0) is 15.8. The monoisotopic (exact) mass is 294 g/mol. The minimum absolute atomic E-state index is 0.0673. The Hall–Kier alpha value is -0.930. The van der Waals surface area contributed by atoms with Crippen LogP contribution >= 0.6 is 0 Å². The second-order valence-corrected chi connectivity index (χ2v) is 6.13. The van der Waals surface area contributed by atoms with Crippen molar-refractivity contribution in [2.24, 2.45) is 5.92 Å². The maximum atomic E-state index is 14.1. The number of halogens is 1. The van der Waals surface area contributed by atoms with Crippen LogP contribution < -0.4 is 5.32 Å². The number of rotatable bonds is 9. The molecule has 0 saturated heterocycles. The highest BCUT2D eigenvalue weighted by Crippen LogP contribution is 2.25. The minimum Gasteiger partial charge on any atom is -0.310 e. The normalized spacial score (nSPS) is 16.0. The summed E-state index contributed by atoms with van der Waals surface area (Å²) in [5.74, 6) is 0.247. The van der Waals surface area contributed by atoms with Gasteiger partial charge in [-0.1, -0.05) is 39.0 Å². The van der Waals surface area contributed by atoms with Crippen LogP contribution in [0.15, 0.2) is 24.3 Å². The lowest BCUT2D eigenvalue weighted by molar-refractivity contribution is 0.195. The lowest BCUT2D eigenvalue weighted by atomic mass is 9.93. The smallest absolute Gasteiger partial charge is 0.127 e. The van der Waals surface area contributed by atoms with E-state index in [9.17, 15) is 4.39 Å². The van der Waals surface area contributed by atoms with Gasteiger partial charge in [0.25, 0.3) is 0 Å². The van der Waals surface area contributed by atoms with E-state index in [0.29, 0.717) is 12.0 Å². The Labute approximate surface area is 129 Å². The van der Waals surface area contributed by atoms with Crippen molar-refractivity contribution in [1.82, 2.24) is 10.2 Å². The fraction of sp³-hybridized carbons (Fsp3) is 0.667. The van der Waals surface area contributed by atoms with Crippen LogP contribution in [0.1, 0.15) is 52.1 Å². The Bertz CT molecular complexity index is 408. The van der Waals surface area contributed by atoms with E-state index < -0.39 is 0 Å². The van der Waals surface area contributed by atoms with Gasteiger partial charge in [-0.05, 0) is 45.3 Å². The third-order valence-corrected chi connectivity index (χ3v) is 4.34. The van der Waals surface area contributed by atoms with Crippen molar-refractivity contribution < 1.29 is 4.39 Å². The molecular weight excluding hydrogens is 263 g/mol. The van der Waals surface area contributed by atoms with Gasteiger partial charge in [0.05, 0.1) is 0 Å². The maximum Gasteiger partial charge on any atom is 0.127 e. The molecule has 3 unspecified atom stereocenters. The van der Waals surface area contributed by atoms with Crippen LogP contribution in [0.5, 0.6) is 0 Å². The van der Waals surface area contributed by atoms with Gasteiger partial charge in [-0.3, -0.25) is 0 Å². The molecule has 0 heterocycles. The van der Waals surface area contributed by atoms with E-state index in [-0.39, 0.29) is 11.9 Å². The summed E-state index contributed by atoms with van der Waals surface area (Å²) < 4.78 is 14.1. The predicted octanol–water partition coefficient (Wildman–Crippen LogP) is 4.23. The van der Waals surface area contributed by atoms with Gasteiger partial charge in [0.1, 0.15) is 5.82 Å². The molecule has 3 atom stereocenters. The standard InChI is InChI=1S/C18H31FN2/c1-6-12-20-18(16-10-8-9-11-17(16)19)14(3)13-21(5)15(4)7-2/h8-11,14-15,18,20H,6-7,12-13H2,1-5H3. The van der Waals surface area contributed by atoms with Crippen molar-refractivity contribution in [3.8, 4) is 0 Å². The molecule has 1 N–H and O–H groups in total. The SMILES string of the molecule is CCCNC(c1ccccc1F)C(C)CN(C)C(C)CC. The highest BCUT2D eigenvalue weighted by atomic mass is 19.1. The van der Waals surface area contributed by atoms with Crippen molar-refractivity contribution in [2.75, 3.05) is 20.1 Å². The zero-order valence-electron chi connectivity index (χ0n) is 14.2. The molecule has 2 nitrogen and oxygen atoms in total. The van der Waals surface area contributed by atoms with Gasteiger partial charge < -0.3 is 10.2 Å². The Morgan fingerprint density at radius 1 is 1.19 bits per heavy atom. The molecule has 1 aromatic carbocycles. The molecule has 21 heavy (non-hydrogen) atoms. The van der Waals surface area contributed by atoms with Crippen LogP contribution in [0.25, 0.3) is 0 Å². The summed E-state index contributed by atoms with van der Waals surface area (Å²) in [5.41, 5.74) is 0.788. The molecule has 0 fully saturated rings. The van der Waals surface area contributed by atoms with Crippen LogP contribution in [-0.2, 0) is 0 Å². The first-order valence-corrected chi connectivity index (χ1v) is 8.19. The summed E-state index contributed by atoms with van der Waals surface area (Å²) in [6, 6.07) is 7.76. The van der Waals surface area contributed by atoms with Crippen LogP contribution in [0, 0.1) is 11.7 Å². The van der Waals surface area contributed by atoms with E-state index in [0.717, 1.165) is 31.5 Å². The average Bonchev–Trinajstić information content (AvgIpc) is 2.48. The summed E-state index contributed by atoms with van der Waals surface area (Å²) in [5, 5.41) is 3.52. The third kappa shape index (κ3) is 5.40. The van der Waals surface area contributed by atoms with Crippen LogP contribution in [0.2, 0.25) is 0 Å². The topological polar surface area (TPSA) is 15.3 Å². The highest BCUT2D eigenvalue weighted by Gasteiger charge is 2.23. The van der Waals surface area contributed by atoms with Crippen molar-refractivity contribution in [2.45, 2.75) is 52.6 Å². The number of hydrogen-bond acceptors (Lipinski definition) is 2. The van der Waals surface area contributed by atoms with Crippen molar-refractivity contribution in [3.63, 3.8) is 0 Å². The molecule has 0 aliphatic carbocycles. The van der Waals surface area contributed by atoms with E-state index in [2.05, 4.69) is 45.0 Å². The van der Waals surface area contributed by atoms with Gasteiger partial charge in [-0.15, -0.1) is 0 Å². The first-order valence-electron chi connectivity index (χ1n) is 8.19. The number of benzene rings is 1. The van der Waals surface area contributed by atoms with E-state index in [1.807, 2.05) is 12.1 Å². The van der Waals surface area contributed by atoms with Gasteiger partial charge >= 0.3 is 0 Å². The Morgan fingerprint density at radius 3 is 2.43 bits per heavy atom. The van der Waals surface area contributed by atoms with Gasteiger partial charge in [0, 0.05) is 24.2 Å². The Balaban J connectivity index is 2.84. The van der Waals surface area contributed by atoms with Crippen molar-refractivity contribution in [1.29, 1.82) is 0 Å². The first-order chi connectivity index (χ1) is 10.0. The van der Waals surface area contributed by atoms with E-state index in [1.54, 1.807) is 12.1 Å². The van der Waals surface area contributed by atoms with Crippen LogP contribution in [0.4, 0.5) is 4.39 Å². The molecule has 0 saturated carbocycles. The number of nitrogens with zero attached hydrogens (tertiary/aromatic N) is 1. The first kappa shape index (κ1) is 18.1. The summed E-state index contributed by atoms with van der Waals surface area (Å²) in [6.07, 6.45) is 2.19. The molecule has 0 spiro atoms. The van der Waals surface area contributed by atoms with E-state index in [4.69, 9.17) is 0 Å². The molecule has 1 aromatic rings. The quantitative estimate of drug-likeness (QED) is 0.733. The van der Waals surface area contributed by atoms with Gasteiger partial charge in [-0.25, -0.2) is 4.39 Å². The maximum absolute atomic E-state index is 14.1. The number of hydrogen-bond donors (Lipinski definition) is 1. The summed E-state index contributed by atoms with van der Waals surface area (Å²) in [4.78, 5) is 2.37. The van der Waals surface area contributed by atoms with E-state index in [1.165, 1.54) is 0 Å². The van der Waals surface area contributed by atoms with Crippen molar-refractivity contribution >= 4 is 0 Å². The van der Waals surface area contributed by atoms with Crippen molar-refractivity contribution in [3.05, 3.63) is 35.6 Å². The van der Waals surface area contributed by atoms with Crippen LogP contribution in [-0.4, -0.2) is 31.1 Å². The fourth-order valence-corrected chi connectivity index (χ4v) is 2.70. The molecular formula is C18H31FN2. The fourth-order valence-electron chi connectivity index (χ4n) is 2.70. The molecule has 120 valence electrons. The molecule has 0 radical (unpaired) electrons. The zero-order valence-corrected chi connectivity index (χ0v) is 14.2. The lowest BCUT2D eigenvalue weighted by Gasteiger charge is -2.32. The number of nitrogens with one attached hydrogen (secondary N) is 1. The average molecular weight is 294 g/mol. The lowest BCUT2D eigenvalue weighted by Crippen LogP contribution is -2.38. The van der Waals surface area contributed by atoms with E-state index >= 15 is 0 Å². The summed E-state index contributed by atoms with van der Waals surface area (Å²) in [7, 11) is 2.16. The van der Waals surface area contributed by atoms with Gasteiger partial charge in [0.2, 0.25) is 0 Å². The largest absolute Gasteiger partial charge is 0.310 e. The van der Waals surface area contributed by atoms with Gasteiger partial charge in [-0.2, -0.15) is 0 Å². The molecule has 0 aliphatic rings. The highest BCUT2D eigenvalue weighted by molar-refractivity contribution is 5.22. The summed E-state index contributed by atoms with van der Waals surface area (Å²) in [6.45, 7) is 10.7. The van der Waals surface area contributed by atoms with Gasteiger partial charge in [0.15, 0.2) is 0 Å². The second kappa shape index (κ2) is 9.16.